The molecule has 0 saturated carbocycles. The molecule has 0 spiro atoms. The molecule has 3 heteroatoms. The second-order valence-corrected chi connectivity index (χ2v) is 5.70. The van der Waals surface area contributed by atoms with Crippen molar-refractivity contribution in [2.75, 3.05) is 7.11 Å². The SMILES string of the molecule is COc1cc(C)c(C)cc1C(O)C(=O)C(C)(C)C. The zero-order valence-corrected chi connectivity index (χ0v) is 12.0. The van der Waals surface area contributed by atoms with Crippen LogP contribution >= 0.6 is 0 Å². The van der Waals surface area contributed by atoms with Crippen LogP contribution in [0.25, 0.3) is 0 Å². The number of carbonyl (C=O) groups is 1. The highest BCUT2D eigenvalue weighted by Crippen LogP contribution is 2.33. The number of methoxy groups -OCH3 is 1. The van der Waals surface area contributed by atoms with E-state index in [0.29, 0.717) is 11.3 Å². The van der Waals surface area contributed by atoms with Gasteiger partial charge in [-0.25, -0.2) is 0 Å². The summed E-state index contributed by atoms with van der Waals surface area (Å²) < 4.78 is 5.25. The van der Waals surface area contributed by atoms with Gasteiger partial charge in [-0.1, -0.05) is 20.8 Å². The number of benzene rings is 1. The summed E-state index contributed by atoms with van der Waals surface area (Å²) in [6.07, 6.45) is -1.14. The van der Waals surface area contributed by atoms with E-state index in [2.05, 4.69) is 0 Å². The molecule has 0 heterocycles. The average Bonchev–Trinajstić information content (AvgIpc) is 2.29. The van der Waals surface area contributed by atoms with E-state index in [-0.39, 0.29) is 5.78 Å². The first-order valence-corrected chi connectivity index (χ1v) is 6.06. The minimum atomic E-state index is -1.14. The molecule has 0 fully saturated rings. The molecule has 18 heavy (non-hydrogen) atoms. The number of hydrogen-bond acceptors (Lipinski definition) is 3. The normalized spacial score (nSPS) is 13.3. The Kier molecular flexibility index (Phi) is 4.17. The largest absolute Gasteiger partial charge is 0.496 e. The van der Waals surface area contributed by atoms with Crippen LogP contribution in [-0.4, -0.2) is 18.0 Å². The smallest absolute Gasteiger partial charge is 0.171 e. The van der Waals surface area contributed by atoms with Crippen molar-refractivity contribution < 1.29 is 14.6 Å². The molecular weight excluding hydrogens is 228 g/mol. The number of aliphatic hydroxyl groups is 1. The lowest BCUT2D eigenvalue weighted by Gasteiger charge is -2.23. The lowest BCUT2D eigenvalue weighted by molar-refractivity contribution is -0.135. The van der Waals surface area contributed by atoms with Gasteiger partial charge in [-0.2, -0.15) is 0 Å². The second kappa shape index (κ2) is 5.11. The van der Waals surface area contributed by atoms with Gasteiger partial charge in [0, 0.05) is 11.0 Å². The van der Waals surface area contributed by atoms with E-state index in [9.17, 15) is 9.90 Å². The predicted octanol–water partition coefficient (Wildman–Crippen LogP) is 2.96. The molecule has 1 N–H and O–H groups in total. The molecule has 1 aromatic carbocycles. The fraction of sp³-hybridized carbons (Fsp3) is 0.533. The number of aliphatic hydroxyl groups excluding tert-OH is 1. The first-order chi connectivity index (χ1) is 8.18. The van der Waals surface area contributed by atoms with E-state index in [1.54, 1.807) is 27.9 Å². The summed E-state index contributed by atoms with van der Waals surface area (Å²) >= 11 is 0. The van der Waals surface area contributed by atoms with Crippen molar-refractivity contribution in [1.82, 2.24) is 0 Å². The maximum atomic E-state index is 12.1. The van der Waals surface area contributed by atoms with Crippen LogP contribution in [0.15, 0.2) is 12.1 Å². The molecule has 1 rings (SSSR count). The van der Waals surface area contributed by atoms with Crippen LogP contribution in [-0.2, 0) is 4.79 Å². The number of ether oxygens (including phenoxy) is 1. The number of hydrogen-bond donors (Lipinski definition) is 1. The fourth-order valence-electron chi connectivity index (χ4n) is 1.75. The van der Waals surface area contributed by atoms with Gasteiger partial charge in [0.1, 0.15) is 11.9 Å². The van der Waals surface area contributed by atoms with E-state index < -0.39 is 11.5 Å². The van der Waals surface area contributed by atoms with Crippen molar-refractivity contribution in [2.24, 2.45) is 5.41 Å². The zero-order chi connectivity index (χ0) is 14.1. The predicted molar refractivity (Wildman–Crippen MR) is 71.9 cm³/mol. The Morgan fingerprint density at radius 1 is 1.22 bits per heavy atom. The highest BCUT2D eigenvalue weighted by molar-refractivity contribution is 5.89. The van der Waals surface area contributed by atoms with E-state index in [1.165, 1.54) is 0 Å². The minimum absolute atomic E-state index is 0.205. The summed E-state index contributed by atoms with van der Waals surface area (Å²) in [5.41, 5.74) is 2.07. The van der Waals surface area contributed by atoms with Gasteiger partial charge >= 0.3 is 0 Å². The van der Waals surface area contributed by atoms with Crippen molar-refractivity contribution in [1.29, 1.82) is 0 Å². The van der Waals surface area contributed by atoms with Gasteiger partial charge in [-0.3, -0.25) is 4.79 Å². The van der Waals surface area contributed by atoms with Crippen LogP contribution in [0, 0.1) is 19.3 Å². The maximum absolute atomic E-state index is 12.1. The summed E-state index contributed by atoms with van der Waals surface area (Å²) in [4.78, 5) is 12.1. The summed E-state index contributed by atoms with van der Waals surface area (Å²) in [5.74, 6) is 0.354. The standard InChI is InChI=1S/C15H22O3/c1-9-7-11(12(18-6)8-10(9)2)13(16)14(17)15(3,4)5/h7-8,13,16H,1-6H3. The van der Waals surface area contributed by atoms with Crippen LogP contribution in [0.3, 0.4) is 0 Å². The molecule has 0 radical (unpaired) electrons. The number of aryl methyl sites for hydroxylation is 2. The number of Topliss-reactive ketones (excluding diaryl/α,β-unsaturated/α-hetero) is 1. The molecule has 0 aliphatic carbocycles. The topological polar surface area (TPSA) is 46.5 Å². The molecule has 0 bridgehead atoms. The first kappa shape index (κ1) is 14.7. The van der Waals surface area contributed by atoms with Crippen LogP contribution < -0.4 is 4.74 Å². The number of ketones is 1. The summed E-state index contributed by atoms with van der Waals surface area (Å²) in [5, 5.41) is 10.2. The molecule has 100 valence electrons. The maximum Gasteiger partial charge on any atom is 0.171 e. The molecule has 0 aliphatic heterocycles. The van der Waals surface area contributed by atoms with Gasteiger partial charge in [-0.15, -0.1) is 0 Å². The molecule has 1 atom stereocenters. The Bertz CT molecular complexity index is 456. The van der Waals surface area contributed by atoms with Gasteiger partial charge in [0.25, 0.3) is 0 Å². The lowest BCUT2D eigenvalue weighted by atomic mass is 9.84. The highest BCUT2D eigenvalue weighted by Gasteiger charge is 2.31. The lowest BCUT2D eigenvalue weighted by Crippen LogP contribution is -2.27. The van der Waals surface area contributed by atoms with Crippen LogP contribution in [0.5, 0.6) is 5.75 Å². The van der Waals surface area contributed by atoms with E-state index in [0.717, 1.165) is 11.1 Å². The van der Waals surface area contributed by atoms with Crippen molar-refractivity contribution >= 4 is 5.78 Å². The van der Waals surface area contributed by atoms with Crippen LogP contribution in [0.1, 0.15) is 43.6 Å². The molecule has 0 aliphatic rings. The van der Waals surface area contributed by atoms with E-state index in [4.69, 9.17) is 4.74 Å². The van der Waals surface area contributed by atoms with E-state index in [1.807, 2.05) is 26.0 Å². The zero-order valence-electron chi connectivity index (χ0n) is 12.0. The monoisotopic (exact) mass is 250 g/mol. The van der Waals surface area contributed by atoms with Crippen molar-refractivity contribution in [2.45, 2.75) is 40.7 Å². The van der Waals surface area contributed by atoms with Gasteiger partial charge in [-0.05, 0) is 37.1 Å². The minimum Gasteiger partial charge on any atom is -0.496 e. The summed E-state index contributed by atoms with van der Waals surface area (Å²) in [6, 6.07) is 3.67. The van der Waals surface area contributed by atoms with Crippen molar-refractivity contribution in [3.63, 3.8) is 0 Å². The Balaban J connectivity index is 3.24. The average molecular weight is 250 g/mol. The van der Waals surface area contributed by atoms with Gasteiger partial charge in [0.05, 0.1) is 7.11 Å². The Morgan fingerprint density at radius 2 is 1.72 bits per heavy atom. The molecular formula is C15H22O3. The highest BCUT2D eigenvalue weighted by atomic mass is 16.5. The molecule has 0 amide bonds. The van der Waals surface area contributed by atoms with Crippen LogP contribution in [0.4, 0.5) is 0 Å². The first-order valence-electron chi connectivity index (χ1n) is 6.06. The Morgan fingerprint density at radius 3 is 2.17 bits per heavy atom. The van der Waals surface area contributed by atoms with Gasteiger partial charge < -0.3 is 9.84 Å². The third-order valence-corrected chi connectivity index (χ3v) is 3.13. The third kappa shape index (κ3) is 2.91. The fourth-order valence-corrected chi connectivity index (χ4v) is 1.75. The number of carbonyl (C=O) groups excluding carboxylic acids is 1. The third-order valence-electron chi connectivity index (χ3n) is 3.13. The Labute approximate surface area is 109 Å². The quantitative estimate of drug-likeness (QED) is 0.897. The molecule has 3 nitrogen and oxygen atoms in total. The Hall–Kier alpha value is -1.35. The van der Waals surface area contributed by atoms with Crippen molar-refractivity contribution in [3.8, 4) is 5.75 Å². The summed E-state index contributed by atoms with van der Waals surface area (Å²) in [7, 11) is 1.54. The van der Waals surface area contributed by atoms with Gasteiger partial charge in [0.2, 0.25) is 0 Å². The molecule has 1 unspecified atom stereocenters. The second-order valence-electron chi connectivity index (χ2n) is 5.70. The van der Waals surface area contributed by atoms with Gasteiger partial charge in [0.15, 0.2) is 5.78 Å². The molecule has 0 saturated heterocycles. The summed E-state index contributed by atoms with van der Waals surface area (Å²) in [6.45, 7) is 9.32. The van der Waals surface area contributed by atoms with Crippen molar-refractivity contribution in [3.05, 3.63) is 28.8 Å². The number of rotatable bonds is 3. The molecule has 1 aromatic rings. The van der Waals surface area contributed by atoms with Crippen LogP contribution in [0.2, 0.25) is 0 Å². The molecule has 0 aromatic heterocycles. The van der Waals surface area contributed by atoms with E-state index >= 15 is 0 Å².